The smallest absolute Gasteiger partial charge is 0.268 e. The van der Waals surface area contributed by atoms with Crippen LogP contribution in [0.15, 0.2) is 18.3 Å². The van der Waals surface area contributed by atoms with Gasteiger partial charge < -0.3 is 25.7 Å². The molecule has 0 radical (unpaired) electrons. The third-order valence-electron chi connectivity index (χ3n) is 6.63. The summed E-state index contributed by atoms with van der Waals surface area (Å²) in [7, 11) is 0. The van der Waals surface area contributed by atoms with Gasteiger partial charge in [-0.2, -0.15) is 0 Å². The molecule has 2 amide bonds. The first-order valence-corrected chi connectivity index (χ1v) is 12.4. The average Bonchev–Trinajstić information content (AvgIpc) is 3.09. The summed E-state index contributed by atoms with van der Waals surface area (Å²) in [5.74, 6) is -0.126. The number of nitrogens with zero attached hydrogens (tertiary/aromatic N) is 1. The van der Waals surface area contributed by atoms with E-state index < -0.39 is 6.04 Å². The van der Waals surface area contributed by atoms with Crippen molar-refractivity contribution in [3.05, 3.63) is 40.8 Å². The van der Waals surface area contributed by atoms with Crippen molar-refractivity contribution in [2.24, 2.45) is 5.41 Å². The second-order valence-corrected chi connectivity index (χ2v) is 10.4. The number of rotatable bonds is 9. The molecule has 0 bridgehead atoms. The van der Waals surface area contributed by atoms with Crippen LogP contribution in [0.25, 0.3) is 0 Å². The molecule has 1 saturated heterocycles. The van der Waals surface area contributed by atoms with Crippen molar-refractivity contribution < 1.29 is 19.1 Å². The molecule has 2 aliphatic rings. The first-order chi connectivity index (χ1) is 16.7. The highest BCUT2D eigenvalue weighted by molar-refractivity contribution is 6.06. The van der Waals surface area contributed by atoms with Gasteiger partial charge in [0.2, 0.25) is 11.8 Å². The van der Waals surface area contributed by atoms with Gasteiger partial charge in [0.1, 0.15) is 17.8 Å². The van der Waals surface area contributed by atoms with Crippen molar-refractivity contribution in [3.8, 4) is 5.88 Å². The Morgan fingerprint density at radius 1 is 1.26 bits per heavy atom. The zero-order valence-corrected chi connectivity index (χ0v) is 20.9. The number of H-pyrrole nitrogens is 1. The molecule has 0 saturated carbocycles. The Morgan fingerprint density at radius 2 is 2.03 bits per heavy atom. The van der Waals surface area contributed by atoms with Gasteiger partial charge in [-0.25, -0.2) is 4.98 Å². The van der Waals surface area contributed by atoms with E-state index in [0.29, 0.717) is 47.7 Å². The summed E-state index contributed by atoms with van der Waals surface area (Å²) in [6.45, 7) is 9.52. The molecule has 4 N–H and O–H groups in total. The number of Topliss-reactive ketones (excluding diaryl/α,β-unsaturated/α-hetero) is 1. The summed E-state index contributed by atoms with van der Waals surface area (Å²) >= 11 is 0. The number of ketones is 1. The molecule has 9 heteroatoms. The lowest BCUT2D eigenvalue weighted by atomic mass is 9.75. The molecule has 9 nitrogen and oxygen atoms in total. The molecule has 1 aliphatic carbocycles. The quantitative estimate of drug-likeness (QED) is 0.436. The molecular weight excluding hydrogens is 446 g/mol. The van der Waals surface area contributed by atoms with Crippen LogP contribution in [0.5, 0.6) is 5.88 Å². The Bertz CT molecular complexity index is 1100. The highest BCUT2D eigenvalue weighted by Gasteiger charge is 2.35. The number of amides is 2. The first-order valence-electron chi connectivity index (χ1n) is 12.4. The third-order valence-corrected chi connectivity index (χ3v) is 6.63. The van der Waals surface area contributed by atoms with Gasteiger partial charge in [0.15, 0.2) is 5.78 Å². The fourth-order valence-corrected chi connectivity index (χ4v) is 4.64. The molecule has 1 aliphatic heterocycles. The van der Waals surface area contributed by atoms with Crippen LogP contribution in [0, 0.1) is 12.3 Å². The monoisotopic (exact) mass is 481 g/mol. The third kappa shape index (κ3) is 5.73. The van der Waals surface area contributed by atoms with Gasteiger partial charge in [0, 0.05) is 36.8 Å². The van der Waals surface area contributed by atoms with Crippen LogP contribution >= 0.6 is 0 Å². The predicted octanol–water partition coefficient (Wildman–Crippen LogP) is 3.15. The molecule has 4 rings (SSSR count). The van der Waals surface area contributed by atoms with E-state index in [-0.39, 0.29) is 29.1 Å². The topological polar surface area (TPSA) is 125 Å². The van der Waals surface area contributed by atoms with Gasteiger partial charge in [-0.1, -0.05) is 33.6 Å². The lowest BCUT2D eigenvalue weighted by molar-refractivity contribution is -0.118. The summed E-state index contributed by atoms with van der Waals surface area (Å²) in [5, 5.41) is 8.87. The van der Waals surface area contributed by atoms with E-state index in [1.165, 1.54) is 0 Å². The van der Waals surface area contributed by atoms with Crippen molar-refractivity contribution in [1.29, 1.82) is 0 Å². The van der Waals surface area contributed by atoms with Crippen LogP contribution in [0.3, 0.4) is 0 Å². The number of carbonyl (C=O) groups excluding carboxylic acids is 3. The van der Waals surface area contributed by atoms with Crippen molar-refractivity contribution in [1.82, 2.24) is 20.6 Å². The Morgan fingerprint density at radius 3 is 2.66 bits per heavy atom. The van der Waals surface area contributed by atoms with Crippen LogP contribution in [-0.2, 0) is 11.2 Å². The van der Waals surface area contributed by atoms with E-state index in [4.69, 9.17) is 4.74 Å². The maximum atomic E-state index is 13.2. The molecule has 0 spiro atoms. The molecule has 2 aromatic heterocycles. The van der Waals surface area contributed by atoms with E-state index in [2.05, 4.69) is 25.9 Å². The molecular formula is C26H35N5O4. The predicted molar refractivity (Wildman–Crippen MR) is 133 cm³/mol. The van der Waals surface area contributed by atoms with E-state index >= 15 is 0 Å². The number of pyridine rings is 1. The van der Waals surface area contributed by atoms with Gasteiger partial charge >= 0.3 is 0 Å². The number of aromatic nitrogens is 2. The minimum atomic E-state index is -0.716. The van der Waals surface area contributed by atoms with E-state index in [1.54, 1.807) is 25.3 Å². The molecule has 0 unspecified atom stereocenters. The average molecular weight is 482 g/mol. The number of hydrogen-bond acceptors (Lipinski definition) is 6. The van der Waals surface area contributed by atoms with E-state index in [9.17, 15) is 14.4 Å². The molecule has 188 valence electrons. The van der Waals surface area contributed by atoms with Crippen molar-refractivity contribution in [2.75, 3.05) is 18.4 Å². The maximum Gasteiger partial charge on any atom is 0.268 e. The van der Waals surface area contributed by atoms with Crippen LogP contribution in [0.2, 0.25) is 0 Å². The maximum absolute atomic E-state index is 13.2. The molecule has 2 aromatic rings. The summed E-state index contributed by atoms with van der Waals surface area (Å²) in [5.41, 5.74) is 2.80. The second kappa shape index (κ2) is 10.2. The van der Waals surface area contributed by atoms with Crippen molar-refractivity contribution >= 4 is 23.3 Å². The molecule has 1 fully saturated rings. The van der Waals surface area contributed by atoms with Gasteiger partial charge in [-0.3, -0.25) is 14.4 Å². The van der Waals surface area contributed by atoms with Crippen LogP contribution in [0.1, 0.15) is 78.6 Å². The van der Waals surface area contributed by atoms with Gasteiger partial charge in [-0.05, 0) is 36.8 Å². The molecule has 0 aromatic carbocycles. The SMILES string of the molecule is CCCC[C@@H](NC(=O)c1[nH]c2c(c1C)C(=O)CC(C)(C)C2)C(=O)Nc1ccc(OC2CNC2)nc1. The minimum absolute atomic E-state index is 0.0535. The second-order valence-electron chi connectivity index (χ2n) is 10.4. The first kappa shape index (κ1) is 24.9. The fourth-order valence-electron chi connectivity index (χ4n) is 4.64. The lowest BCUT2D eigenvalue weighted by Gasteiger charge is -2.28. The standard InChI is InChI=1S/C26H35N5O4/c1-5-6-7-18(24(33)29-16-8-9-21(28-12-16)35-17-13-27-14-17)31-25(34)23-15(2)22-19(30-23)10-26(3,4)11-20(22)32/h8-9,12,17-18,27,30H,5-7,10-11,13-14H2,1-4H3,(H,29,33)(H,31,34)/t18-/m1/s1. The zero-order chi connectivity index (χ0) is 25.2. The Balaban J connectivity index is 1.44. The van der Waals surface area contributed by atoms with Crippen molar-refractivity contribution in [2.45, 2.75) is 71.9 Å². The summed E-state index contributed by atoms with van der Waals surface area (Å²) in [4.78, 5) is 46.4. The highest BCUT2D eigenvalue weighted by Crippen LogP contribution is 2.36. The fraction of sp³-hybridized carbons (Fsp3) is 0.538. The summed E-state index contributed by atoms with van der Waals surface area (Å²) in [6.07, 6.45) is 5.01. The number of hydrogen-bond donors (Lipinski definition) is 4. The zero-order valence-electron chi connectivity index (χ0n) is 20.9. The highest BCUT2D eigenvalue weighted by atomic mass is 16.5. The van der Waals surface area contributed by atoms with Crippen molar-refractivity contribution in [3.63, 3.8) is 0 Å². The number of nitrogens with one attached hydrogen (secondary N) is 4. The number of aromatic amines is 1. The number of ether oxygens (including phenoxy) is 1. The normalized spacial score (nSPS) is 17.8. The molecule has 35 heavy (non-hydrogen) atoms. The summed E-state index contributed by atoms with van der Waals surface area (Å²) < 4.78 is 5.71. The van der Waals surface area contributed by atoms with Crippen LogP contribution in [-0.4, -0.2) is 52.8 Å². The Hall–Kier alpha value is -3.20. The van der Waals surface area contributed by atoms with Crippen LogP contribution in [0.4, 0.5) is 5.69 Å². The molecule has 3 heterocycles. The van der Waals surface area contributed by atoms with Gasteiger partial charge in [-0.15, -0.1) is 0 Å². The minimum Gasteiger partial charge on any atom is -0.472 e. The largest absolute Gasteiger partial charge is 0.472 e. The Kier molecular flexibility index (Phi) is 7.25. The number of unbranched alkanes of at least 4 members (excludes halogenated alkanes) is 1. The number of carbonyl (C=O) groups is 3. The van der Waals surface area contributed by atoms with Gasteiger partial charge in [0.05, 0.1) is 11.9 Å². The summed E-state index contributed by atoms with van der Waals surface area (Å²) in [6, 6.07) is 2.74. The molecule has 1 atom stereocenters. The number of fused-ring (bicyclic) bond motifs is 1. The van der Waals surface area contributed by atoms with Gasteiger partial charge in [0.25, 0.3) is 5.91 Å². The van der Waals surface area contributed by atoms with E-state index in [0.717, 1.165) is 31.6 Å². The lowest BCUT2D eigenvalue weighted by Crippen LogP contribution is -2.50. The van der Waals surface area contributed by atoms with E-state index in [1.807, 2.05) is 20.8 Å². The Labute approximate surface area is 205 Å². The van der Waals surface area contributed by atoms with Crippen LogP contribution < -0.4 is 20.7 Å². The number of anilines is 1.